The third-order valence-electron chi connectivity index (χ3n) is 4.68. The van der Waals surface area contributed by atoms with Gasteiger partial charge in [0, 0.05) is 38.1 Å². The molecule has 0 atom stereocenters. The molecule has 0 saturated carbocycles. The van der Waals surface area contributed by atoms with Crippen molar-refractivity contribution in [2.24, 2.45) is 0 Å². The summed E-state index contributed by atoms with van der Waals surface area (Å²) in [5.74, 6) is 1.02. The van der Waals surface area contributed by atoms with Crippen molar-refractivity contribution in [3.8, 4) is 11.4 Å². The van der Waals surface area contributed by atoms with Crippen molar-refractivity contribution in [2.75, 3.05) is 19.5 Å². The molecule has 0 saturated heterocycles. The fourth-order valence-electron chi connectivity index (χ4n) is 3.26. The predicted molar refractivity (Wildman–Crippen MR) is 118 cm³/mol. The number of rotatable bonds is 9. The molecule has 0 aliphatic rings. The molecule has 0 aliphatic carbocycles. The van der Waals surface area contributed by atoms with Crippen LogP contribution in [0, 0.1) is 0 Å². The van der Waals surface area contributed by atoms with Crippen LogP contribution in [0.2, 0.25) is 5.02 Å². The van der Waals surface area contributed by atoms with Gasteiger partial charge in [-0.3, -0.25) is 4.57 Å². The quantitative estimate of drug-likeness (QED) is 0.282. The summed E-state index contributed by atoms with van der Waals surface area (Å²) in [6, 6.07) is 15.0. The van der Waals surface area contributed by atoms with Gasteiger partial charge in [-0.25, -0.2) is 4.79 Å². The summed E-state index contributed by atoms with van der Waals surface area (Å²) in [5.41, 5.74) is 2.23. The molecule has 156 valence electrons. The van der Waals surface area contributed by atoms with Gasteiger partial charge in [0.05, 0.1) is 10.5 Å². The van der Waals surface area contributed by atoms with Crippen LogP contribution in [-0.2, 0) is 17.8 Å². The van der Waals surface area contributed by atoms with E-state index in [0.717, 1.165) is 28.5 Å². The third-order valence-corrected chi connectivity index (χ3v) is 5.96. The van der Waals surface area contributed by atoms with E-state index in [2.05, 4.69) is 14.8 Å². The van der Waals surface area contributed by atoms with Crippen molar-refractivity contribution >= 4 is 34.5 Å². The lowest BCUT2D eigenvalue weighted by Gasteiger charge is -2.11. The maximum atomic E-state index is 12.2. The number of thioether (sulfide) groups is 1. The van der Waals surface area contributed by atoms with Crippen molar-refractivity contribution in [1.82, 2.24) is 19.3 Å². The molecule has 9 heteroatoms. The first-order valence-electron chi connectivity index (χ1n) is 9.57. The second-order valence-corrected chi connectivity index (χ2v) is 8.09. The monoisotopic (exact) mass is 444 g/mol. The van der Waals surface area contributed by atoms with E-state index in [9.17, 15) is 4.79 Å². The number of ether oxygens (including phenoxy) is 1. The fourth-order valence-corrected chi connectivity index (χ4v) is 4.37. The first-order chi connectivity index (χ1) is 14.7. The van der Waals surface area contributed by atoms with Gasteiger partial charge < -0.3 is 13.7 Å². The number of aromatic nitrogens is 4. The molecule has 0 aliphatic heterocycles. The second-order valence-electron chi connectivity index (χ2n) is 6.62. The lowest BCUT2D eigenvalue weighted by atomic mass is 10.2. The van der Waals surface area contributed by atoms with Crippen molar-refractivity contribution in [2.45, 2.75) is 24.7 Å². The van der Waals surface area contributed by atoms with E-state index in [4.69, 9.17) is 20.8 Å². The van der Waals surface area contributed by atoms with Gasteiger partial charge in [0.1, 0.15) is 0 Å². The van der Waals surface area contributed by atoms with Crippen molar-refractivity contribution < 1.29 is 9.15 Å². The maximum Gasteiger partial charge on any atom is 0.419 e. The molecule has 2 aromatic carbocycles. The minimum Gasteiger partial charge on any atom is -0.408 e. The Balaban J connectivity index is 1.55. The molecule has 0 spiro atoms. The topological polar surface area (TPSA) is 75.1 Å². The average molecular weight is 445 g/mol. The number of halogens is 1. The maximum absolute atomic E-state index is 12.2. The highest BCUT2D eigenvalue weighted by Crippen LogP contribution is 2.29. The van der Waals surface area contributed by atoms with Gasteiger partial charge in [0.15, 0.2) is 16.6 Å². The number of hydrogen-bond acceptors (Lipinski definition) is 6. The minimum absolute atomic E-state index is 0.352. The Morgan fingerprint density at radius 1 is 1.07 bits per heavy atom. The van der Waals surface area contributed by atoms with E-state index in [0.29, 0.717) is 36.1 Å². The Hall–Kier alpha value is -2.55. The van der Waals surface area contributed by atoms with Crippen LogP contribution < -0.4 is 5.76 Å². The van der Waals surface area contributed by atoms with Gasteiger partial charge in [-0.1, -0.05) is 47.6 Å². The lowest BCUT2D eigenvalue weighted by molar-refractivity contribution is 0.189. The fraction of sp³-hybridized carbons (Fsp3) is 0.286. The molecule has 2 heterocycles. The molecule has 0 fully saturated rings. The second kappa shape index (κ2) is 9.51. The summed E-state index contributed by atoms with van der Waals surface area (Å²) in [6.07, 6.45) is 0.825. The smallest absolute Gasteiger partial charge is 0.408 e. The number of para-hydroxylation sites is 2. The van der Waals surface area contributed by atoms with Crippen LogP contribution in [0.4, 0.5) is 0 Å². The molecule has 2 aromatic heterocycles. The highest BCUT2D eigenvalue weighted by molar-refractivity contribution is 7.99. The van der Waals surface area contributed by atoms with E-state index in [1.807, 2.05) is 42.5 Å². The van der Waals surface area contributed by atoms with E-state index < -0.39 is 0 Å². The number of benzene rings is 2. The predicted octanol–water partition coefficient (Wildman–Crippen LogP) is 4.34. The first kappa shape index (κ1) is 20.7. The normalized spacial score (nSPS) is 11.4. The summed E-state index contributed by atoms with van der Waals surface area (Å²) in [5, 5.41) is 10.2. The Labute approximate surface area is 182 Å². The molecule has 0 bridgehead atoms. The first-order valence-corrected chi connectivity index (χ1v) is 10.9. The van der Waals surface area contributed by atoms with Crippen LogP contribution in [0.1, 0.15) is 6.42 Å². The van der Waals surface area contributed by atoms with E-state index in [1.165, 1.54) is 0 Å². The largest absolute Gasteiger partial charge is 0.419 e. The molecule has 0 amide bonds. The molecule has 0 N–H and O–H groups in total. The summed E-state index contributed by atoms with van der Waals surface area (Å²) < 4.78 is 14.2. The van der Waals surface area contributed by atoms with Gasteiger partial charge in [0.2, 0.25) is 0 Å². The zero-order chi connectivity index (χ0) is 20.9. The van der Waals surface area contributed by atoms with Gasteiger partial charge in [-0.05, 0) is 30.7 Å². The number of fused-ring (bicyclic) bond motifs is 1. The standard InChI is InChI=1S/C21H21ClN4O3S/c1-28-13-6-11-26-19(15-7-2-3-8-16(15)22)23-24-20(26)30-14-12-25-17-9-4-5-10-18(17)29-21(25)27/h2-5,7-10H,6,11-14H2,1H3. The summed E-state index contributed by atoms with van der Waals surface area (Å²) in [6.45, 7) is 1.85. The van der Waals surface area contributed by atoms with Gasteiger partial charge >= 0.3 is 5.76 Å². The third kappa shape index (κ3) is 4.30. The number of nitrogens with zero attached hydrogens (tertiary/aromatic N) is 4. The van der Waals surface area contributed by atoms with Gasteiger partial charge in [-0.15, -0.1) is 10.2 Å². The van der Waals surface area contributed by atoms with Crippen LogP contribution in [0.3, 0.4) is 0 Å². The summed E-state index contributed by atoms with van der Waals surface area (Å²) >= 11 is 7.93. The van der Waals surface area contributed by atoms with Crippen molar-refractivity contribution in [3.05, 3.63) is 64.1 Å². The molecular weight excluding hydrogens is 424 g/mol. The Morgan fingerprint density at radius 3 is 2.70 bits per heavy atom. The Bertz CT molecular complexity index is 1200. The van der Waals surface area contributed by atoms with Crippen LogP contribution >= 0.6 is 23.4 Å². The van der Waals surface area contributed by atoms with Crippen LogP contribution in [0.5, 0.6) is 0 Å². The molecular formula is C21H21ClN4O3S. The molecule has 30 heavy (non-hydrogen) atoms. The molecule has 4 rings (SSSR count). The van der Waals surface area contributed by atoms with Gasteiger partial charge in [0.25, 0.3) is 0 Å². The molecule has 7 nitrogen and oxygen atoms in total. The van der Waals surface area contributed by atoms with E-state index >= 15 is 0 Å². The Kier molecular flexibility index (Phi) is 6.56. The molecule has 0 unspecified atom stereocenters. The average Bonchev–Trinajstić information content (AvgIpc) is 3.29. The number of oxazole rings is 1. The Morgan fingerprint density at radius 2 is 1.87 bits per heavy atom. The number of aryl methyl sites for hydroxylation is 1. The zero-order valence-corrected chi connectivity index (χ0v) is 18.0. The highest BCUT2D eigenvalue weighted by Gasteiger charge is 2.17. The number of hydrogen-bond donors (Lipinski definition) is 0. The van der Waals surface area contributed by atoms with Crippen LogP contribution in [-0.4, -0.2) is 38.8 Å². The summed E-state index contributed by atoms with van der Waals surface area (Å²) in [7, 11) is 1.68. The highest BCUT2D eigenvalue weighted by atomic mass is 35.5. The van der Waals surface area contributed by atoms with Crippen molar-refractivity contribution in [3.63, 3.8) is 0 Å². The lowest BCUT2D eigenvalue weighted by Crippen LogP contribution is -2.15. The van der Waals surface area contributed by atoms with Gasteiger partial charge in [-0.2, -0.15) is 0 Å². The molecule has 0 radical (unpaired) electrons. The SMILES string of the molecule is COCCCn1c(SCCn2c(=O)oc3ccccc32)nnc1-c1ccccc1Cl. The number of methoxy groups -OCH3 is 1. The minimum atomic E-state index is -0.352. The van der Waals surface area contributed by atoms with Crippen LogP contribution in [0.25, 0.3) is 22.5 Å². The van der Waals surface area contributed by atoms with E-state index in [-0.39, 0.29) is 5.76 Å². The zero-order valence-electron chi connectivity index (χ0n) is 16.5. The van der Waals surface area contributed by atoms with E-state index in [1.54, 1.807) is 29.5 Å². The van der Waals surface area contributed by atoms with Crippen LogP contribution in [0.15, 0.2) is 62.9 Å². The van der Waals surface area contributed by atoms with Crippen molar-refractivity contribution in [1.29, 1.82) is 0 Å². The summed E-state index contributed by atoms with van der Waals surface area (Å²) in [4.78, 5) is 12.2. The molecule has 4 aromatic rings.